The highest BCUT2D eigenvalue weighted by atomic mass is 79.9. The minimum atomic E-state index is -3.32. The van der Waals surface area contributed by atoms with E-state index in [-0.39, 0.29) is 18.4 Å². The Balaban J connectivity index is 0.00000162. The molecule has 1 aromatic heterocycles. The van der Waals surface area contributed by atoms with Gasteiger partial charge in [-0.1, -0.05) is 0 Å². The number of likely N-dealkylation sites (N-methyl/N-ethyl adjacent to an activating group) is 1. The number of aryl methyl sites for hydroxylation is 1. The van der Waals surface area contributed by atoms with Crippen LogP contribution < -0.4 is 5.32 Å². The molecule has 1 atom stereocenters. The van der Waals surface area contributed by atoms with Crippen LogP contribution in [0.5, 0.6) is 0 Å². The molecule has 1 aliphatic heterocycles. The Hall–Kier alpha value is 0.340. The molecule has 0 aliphatic carbocycles. The molecule has 0 spiro atoms. The molecule has 0 aromatic carbocycles. The predicted octanol–water partition coefficient (Wildman–Crippen LogP) is 2.22. The highest BCUT2D eigenvalue weighted by Crippen LogP contribution is 2.32. The van der Waals surface area contributed by atoms with Crippen molar-refractivity contribution in [3.63, 3.8) is 0 Å². The number of sulfonamides is 1. The first kappa shape index (κ1) is 16.4. The molecule has 1 N–H and O–H groups in total. The van der Waals surface area contributed by atoms with Crippen molar-refractivity contribution in [1.29, 1.82) is 0 Å². The van der Waals surface area contributed by atoms with Crippen molar-refractivity contribution in [3.05, 3.63) is 14.7 Å². The summed E-state index contributed by atoms with van der Waals surface area (Å²) in [5.74, 6) is 0. The standard InChI is InChI=1S/C10H15BrN2O2S2.ClH/c1-7-9(5-10(11)16-7)17(14,15)13-4-3-8(6-13)12-2;/h5,8,12H,3-4,6H2,1-2H3;1H. The van der Waals surface area contributed by atoms with Gasteiger partial charge in [0, 0.05) is 24.0 Å². The van der Waals surface area contributed by atoms with E-state index in [0.717, 1.165) is 15.1 Å². The Morgan fingerprint density at radius 1 is 1.56 bits per heavy atom. The minimum absolute atomic E-state index is 0. The minimum Gasteiger partial charge on any atom is -0.316 e. The summed E-state index contributed by atoms with van der Waals surface area (Å²) in [4.78, 5) is 1.27. The van der Waals surface area contributed by atoms with Gasteiger partial charge in [-0.25, -0.2) is 8.42 Å². The molecular formula is C10H16BrClN2O2S2. The summed E-state index contributed by atoms with van der Waals surface area (Å²) >= 11 is 4.79. The van der Waals surface area contributed by atoms with E-state index in [4.69, 9.17) is 0 Å². The molecule has 1 aromatic rings. The third kappa shape index (κ3) is 3.08. The van der Waals surface area contributed by atoms with E-state index in [1.165, 1.54) is 11.3 Å². The van der Waals surface area contributed by atoms with Crippen molar-refractivity contribution in [2.45, 2.75) is 24.3 Å². The van der Waals surface area contributed by atoms with Crippen LogP contribution in [0, 0.1) is 6.92 Å². The van der Waals surface area contributed by atoms with Crippen molar-refractivity contribution in [2.75, 3.05) is 20.1 Å². The van der Waals surface area contributed by atoms with Crippen LogP contribution in [0.4, 0.5) is 0 Å². The lowest BCUT2D eigenvalue weighted by molar-refractivity contribution is 0.464. The summed E-state index contributed by atoms with van der Waals surface area (Å²) < 4.78 is 27.3. The predicted molar refractivity (Wildman–Crippen MR) is 80.2 cm³/mol. The second-order valence-electron chi connectivity index (χ2n) is 4.11. The number of hydrogen-bond donors (Lipinski definition) is 1. The molecule has 0 amide bonds. The van der Waals surface area contributed by atoms with E-state index in [1.807, 2.05) is 14.0 Å². The second kappa shape index (κ2) is 6.19. The van der Waals surface area contributed by atoms with Gasteiger partial charge in [0.05, 0.1) is 8.68 Å². The fraction of sp³-hybridized carbons (Fsp3) is 0.600. The van der Waals surface area contributed by atoms with Crippen LogP contribution in [0.15, 0.2) is 14.7 Å². The summed E-state index contributed by atoms with van der Waals surface area (Å²) in [6.45, 7) is 3.00. The normalized spacial score (nSPS) is 20.9. The fourth-order valence-corrected chi connectivity index (χ4v) is 5.89. The lowest BCUT2D eigenvalue weighted by atomic mass is 10.3. The van der Waals surface area contributed by atoms with Crippen molar-refractivity contribution >= 4 is 49.7 Å². The molecule has 8 heteroatoms. The lowest BCUT2D eigenvalue weighted by Gasteiger charge is -2.16. The van der Waals surface area contributed by atoms with Gasteiger partial charge in [0.2, 0.25) is 10.0 Å². The van der Waals surface area contributed by atoms with Gasteiger partial charge < -0.3 is 5.32 Å². The number of nitrogens with zero attached hydrogens (tertiary/aromatic N) is 1. The van der Waals surface area contributed by atoms with E-state index >= 15 is 0 Å². The maximum atomic E-state index is 12.4. The van der Waals surface area contributed by atoms with Gasteiger partial charge in [-0.15, -0.1) is 23.7 Å². The second-order valence-corrected chi connectivity index (χ2v) is 8.65. The SMILES string of the molecule is CNC1CCN(S(=O)(=O)c2cc(Br)sc2C)C1.Cl. The molecule has 18 heavy (non-hydrogen) atoms. The zero-order valence-electron chi connectivity index (χ0n) is 10.1. The molecule has 0 bridgehead atoms. The van der Waals surface area contributed by atoms with E-state index in [0.29, 0.717) is 18.0 Å². The molecule has 2 heterocycles. The largest absolute Gasteiger partial charge is 0.316 e. The van der Waals surface area contributed by atoms with Crippen molar-refractivity contribution < 1.29 is 8.42 Å². The first-order chi connectivity index (χ1) is 7.95. The van der Waals surface area contributed by atoms with Gasteiger partial charge in [0.25, 0.3) is 0 Å². The Morgan fingerprint density at radius 3 is 2.67 bits per heavy atom. The number of thiophene rings is 1. The number of nitrogens with one attached hydrogen (secondary N) is 1. The number of hydrogen-bond acceptors (Lipinski definition) is 4. The highest BCUT2D eigenvalue weighted by Gasteiger charge is 2.33. The number of halogens is 2. The Bertz CT molecular complexity index is 518. The van der Waals surface area contributed by atoms with E-state index < -0.39 is 10.0 Å². The van der Waals surface area contributed by atoms with E-state index in [1.54, 1.807) is 10.4 Å². The topological polar surface area (TPSA) is 49.4 Å². The average Bonchev–Trinajstić information content (AvgIpc) is 2.85. The molecule has 1 aliphatic rings. The highest BCUT2D eigenvalue weighted by molar-refractivity contribution is 9.11. The smallest absolute Gasteiger partial charge is 0.244 e. The first-order valence-electron chi connectivity index (χ1n) is 5.38. The van der Waals surface area contributed by atoms with Crippen LogP contribution in [0.25, 0.3) is 0 Å². The average molecular weight is 376 g/mol. The van der Waals surface area contributed by atoms with Gasteiger partial charge in [-0.2, -0.15) is 4.31 Å². The molecule has 0 saturated carbocycles. The monoisotopic (exact) mass is 374 g/mol. The summed E-state index contributed by atoms with van der Waals surface area (Å²) in [5, 5.41) is 3.12. The maximum absolute atomic E-state index is 12.4. The van der Waals surface area contributed by atoms with Crippen LogP contribution in [0.1, 0.15) is 11.3 Å². The molecule has 0 radical (unpaired) electrons. The van der Waals surface area contributed by atoms with E-state index in [9.17, 15) is 8.42 Å². The molecule has 1 unspecified atom stereocenters. The van der Waals surface area contributed by atoms with Gasteiger partial charge in [0.15, 0.2) is 0 Å². The zero-order valence-corrected chi connectivity index (χ0v) is 14.2. The summed E-state index contributed by atoms with van der Waals surface area (Å²) in [5.41, 5.74) is 0. The van der Waals surface area contributed by atoms with Crippen LogP contribution in [0.3, 0.4) is 0 Å². The molecule has 104 valence electrons. The van der Waals surface area contributed by atoms with Crippen molar-refractivity contribution in [3.8, 4) is 0 Å². The molecule has 1 fully saturated rings. The fourth-order valence-electron chi connectivity index (χ4n) is 2.01. The molecule has 2 rings (SSSR count). The molecule has 4 nitrogen and oxygen atoms in total. The molecular weight excluding hydrogens is 360 g/mol. The first-order valence-corrected chi connectivity index (χ1v) is 8.43. The van der Waals surface area contributed by atoms with Gasteiger partial charge >= 0.3 is 0 Å². The quantitative estimate of drug-likeness (QED) is 0.881. The number of rotatable bonds is 3. The third-order valence-electron chi connectivity index (χ3n) is 3.02. The van der Waals surface area contributed by atoms with Crippen molar-refractivity contribution in [2.24, 2.45) is 0 Å². The van der Waals surface area contributed by atoms with Crippen LogP contribution >= 0.6 is 39.7 Å². The van der Waals surface area contributed by atoms with Gasteiger partial charge in [-0.3, -0.25) is 0 Å². The maximum Gasteiger partial charge on any atom is 0.244 e. The van der Waals surface area contributed by atoms with Gasteiger partial charge in [-0.05, 0) is 42.4 Å². The lowest BCUT2D eigenvalue weighted by Crippen LogP contribution is -2.33. The van der Waals surface area contributed by atoms with Crippen LogP contribution in [0.2, 0.25) is 0 Å². The Morgan fingerprint density at radius 2 is 2.22 bits per heavy atom. The summed E-state index contributed by atoms with van der Waals surface area (Å²) in [6, 6.07) is 1.97. The van der Waals surface area contributed by atoms with Gasteiger partial charge in [0.1, 0.15) is 0 Å². The molecule has 1 saturated heterocycles. The van der Waals surface area contributed by atoms with Crippen LogP contribution in [-0.2, 0) is 10.0 Å². The zero-order chi connectivity index (χ0) is 12.6. The van der Waals surface area contributed by atoms with Crippen molar-refractivity contribution in [1.82, 2.24) is 9.62 Å². The Kier molecular flexibility index (Phi) is 5.64. The Labute approximate surface area is 126 Å². The van der Waals surface area contributed by atoms with E-state index in [2.05, 4.69) is 21.2 Å². The van der Waals surface area contributed by atoms with Crippen LogP contribution in [-0.4, -0.2) is 38.9 Å². The summed E-state index contributed by atoms with van der Waals surface area (Å²) in [6.07, 6.45) is 0.875. The third-order valence-corrected chi connectivity index (χ3v) is 6.69. The summed E-state index contributed by atoms with van der Waals surface area (Å²) in [7, 11) is -1.45.